The van der Waals surface area contributed by atoms with Gasteiger partial charge < -0.3 is 8.85 Å². The third-order valence-corrected chi connectivity index (χ3v) is 5.23. The molecule has 2 aromatic rings. The fourth-order valence-corrected chi connectivity index (χ4v) is 4.11. The number of rotatable bonds is 7. The Kier molecular flexibility index (Phi) is 6.75. The number of carbonyl (C=O) groups excluding carboxylic acids is 2. The van der Waals surface area contributed by atoms with E-state index in [0.29, 0.717) is 23.1 Å². The molecule has 0 bridgehead atoms. The second-order valence-corrected chi connectivity index (χ2v) is 7.85. The van der Waals surface area contributed by atoms with Crippen molar-refractivity contribution < 1.29 is 18.4 Å². The molecule has 5 heteroatoms. The van der Waals surface area contributed by atoms with Gasteiger partial charge in [0.15, 0.2) is 0 Å². The van der Waals surface area contributed by atoms with E-state index >= 15 is 0 Å². The van der Waals surface area contributed by atoms with Crippen LogP contribution >= 0.6 is 0 Å². The molecule has 0 fully saturated rings. The van der Waals surface area contributed by atoms with Crippen molar-refractivity contribution in [3.63, 3.8) is 0 Å². The average Bonchev–Trinajstić information content (AvgIpc) is 2.61. The molecular formula is C19H22O4Si. The monoisotopic (exact) mass is 342 g/mol. The number of hydrogen-bond acceptors (Lipinski definition) is 4. The van der Waals surface area contributed by atoms with Gasteiger partial charge in [0.1, 0.15) is 0 Å². The van der Waals surface area contributed by atoms with Crippen LogP contribution in [0.4, 0.5) is 0 Å². The van der Waals surface area contributed by atoms with Gasteiger partial charge in [-0.15, -0.1) is 0 Å². The van der Waals surface area contributed by atoms with Crippen molar-refractivity contribution in [3.05, 3.63) is 71.8 Å². The van der Waals surface area contributed by atoms with Crippen LogP contribution < -0.4 is 0 Å². The minimum atomic E-state index is -2.44. The molecule has 0 aliphatic rings. The molecule has 0 radical (unpaired) electrons. The first kappa shape index (κ1) is 17.9. The van der Waals surface area contributed by atoms with Gasteiger partial charge in [0.2, 0.25) is 0 Å². The van der Waals surface area contributed by atoms with Crippen LogP contribution in [0.5, 0.6) is 0 Å². The van der Waals surface area contributed by atoms with Gasteiger partial charge in [-0.25, -0.2) is 9.59 Å². The Hall–Kier alpha value is -2.40. The van der Waals surface area contributed by atoms with Gasteiger partial charge in [0.05, 0.1) is 11.1 Å². The summed E-state index contributed by atoms with van der Waals surface area (Å²) in [5.74, 6) is -0.417. The predicted molar refractivity (Wildman–Crippen MR) is 95.1 cm³/mol. The maximum Gasteiger partial charge on any atom is 0.448 e. The van der Waals surface area contributed by atoms with E-state index in [1.807, 2.05) is 12.1 Å². The second kappa shape index (κ2) is 9.03. The van der Waals surface area contributed by atoms with E-state index in [2.05, 4.69) is 13.8 Å². The Labute approximate surface area is 144 Å². The number of benzene rings is 2. The molecule has 4 nitrogen and oxygen atoms in total. The van der Waals surface area contributed by atoms with Gasteiger partial charge in [-0.05, 0) is 36.6 Å². The lowest BCUT2D eigenvalue weighted by atomic mass is 10.2. The summed E-state index contributed by atoms with van der Waals surface area (Å²) < 4.78 is 11.1. The van der Waals surface area contributed by atoms with Gasteiger partial charge in [-0.1, -0.05) is 50.2 Å². The molecule has 24 heavy (non-hydrogen) atoms. The molecule has 0 unspecified atom stereocenters. The zero-order valence-electron chi connectivity index (χ0n) is 14.0. The van der Waals surface area contributed by atoms with Crippen molar-refractivity contribution in [2.45, 2.75) is 26.3 Å². The first-order valence-electron chi connectivity index (χ1n) is 8.08. The molecule has 0 spiro atoms. The fourth-order valence-electron chi connectivity index (χ4n) is 2.13. The Balaban J connectivity index is 2.04. The molecule has 0 atom stereocenters. The molecule has 0 amide bonds. The van der Waals surface area contributed by atoms with Gasteiger partial charge in [-0.2, -0.15) is 0 Å². The van der Waals surface area contributed by atoms with Gasteiger partial charge in [0, 0.05) is 6.04 Å². The highest BCUT2D eigenvalue weighted by atomic mass is 28.3. The van der Waals surface area contributed by atoms with E-state index in [1.54, 1.807) is 48.5 Å². The van der Waals surface area contributed by atoms with Crippen LogP contribution in [-0.2, 0) is 8.85 Å². The van der Waals surface area contributed by atoms with Crippen molar-refractivity contribution in [2.24, 2.45) is 5.92 Å². The van der Waals surface area contributed by atoms with E-state index in [9.17, 15) is 9.59 Å². The third-order valence-electron chi connectivity index (χ3n) is 3.48. The van der Waals surface area contributed by atoms with Crippen LogP contribution in [0.2, 0.25) is 6.04 Å². The molecule has 126 valence electrons. The Morgan fingerprint density at radius 1 is 0.833 bits per heavy atom. The van der Waals surface area contributed by atoms with Crippen molar-refractivity contribution in [1.29, 1.82) is 0 Å². The fraction of sp³-hybridized carbons (Fsp3) is 0.263. The van der Waals surface area contributed by atoms with Crippen LogP contribution in [0.3, 0.4) is 0 Å². The molecule has 0 N–H and O–H groups in total. The largest absolute Gasteiger partial charge is 0.483 e. The lowest BCUT2D eigenvalue weighted by Crippen LogP contribution is -2.29. The highest BCUT2D eigenvalue weighted by Crippen LogP contribution is 2.13. The van der Waals surface area contributed by atoms with Crippen molar-refractivity contribution in [3.8, 4) is 0 Å². The molecule has 0 saturated heterocycles. The van der Waals surface area contributed by atoms with Crippen LogP contribution in [0, 0.1) is 5.92 Å². The van der Waals surface area contributed by atoms with E-state index in [1.165, 1.54) is 0 Å². The van der Waals surface area contributed by atoms with Crippen molar-refractivity contribution in [1.82, 2.24) is 0 Å². The highest BCUT2D eigenvalue weighted by molar-refractivity contribution is 6.49. The number of carbonyl (C=O) groups is 2. The van der Waals surface area contributed by atoms with Gasteiger partial charge >= 0.3 is 21.2 Å². The highest BCUT2D eigenvalue weighted by Gasteiger charge is 2.24. The van der Waals surface area contributed by atoms with Crippen LogP contribution in [0.25, 0.3) is 0 Å². The lowest BCUT2D eigenvalue weighted by molar-refractivity contribution is 0.0600. The Morgan fingerprint density at radius 2 is 1.25 bits per heavy atom. The van der Waals surface area contributed by atoms with Crippen molar-refractivity contribution in [2.75, 3.05) is 0 Å². The van der Waals surface area contributed by atoms with Crippen LogP contribution in [0.15, 0.2) is 60.7 Å². The Bertz CT molecular complexity index is 602. The summed E-state index contributed by atoms with van der Waals surface area (Å²) in [5.41, 5.74) is 0.936. The first-order valence-corrected chi connectivity index (χ1v) is 9.84. The molecule has 0 aliphatic heterocycles. The number of hydrogen-bond donors (Lipinski definition) is 0. The third kappa shape index (κ3) is 5.66. The zero-order valence-corrected chi connectivity index (χ0v) is 15.1. The lowest BCUT2D eigenvalue weighted by Gasteiger charge is -2.17. The topological polar surface area (TPSA) is 52.6 Å². The van der Waals surface area contributed by atoms with E-state index in [4.69, 9.17) is 8.85 Å². The first-order chi connectivity index (χ1) is 11.6. The van der Waals surface area contributed by atoms with Crippen molar-refractivity contribution >= 4 is 21.2 Å². The van der Waals surface area contributed by atoms with E-state index in [0.717, 1.165) is 6.42 Å². The predicted octanol–water partition coefficient (Wildman–Crippen LogP) is 3.97. The molecule has 2 aromatic carbocycles. The summed E-state index contributed by atoms with van der Waals surface area (Å²) >= 11 is 0. The molecular weight excluding hydrogens is 320 g/mol. The standard InChI is InChI=1S/C19H22O4Si/c1-15(2)13-14-24(22-18(20)16-9-5-3-6-10-16)23-19(21)17-11-7-4-8-12-17/h3-12,15,24H,13-14H2,1-2H3. The molecule has 2 rings (SSSR count). The second-order valence-electron chi connectivity index (χ2n) is 5.94. The smallest absolute Gasteiger partial charge is 0.448 e. The minimum absolute atomic E-state index is 0.433. The summed E-state index contributed by atoms with van der Waals surface area (Å²) in [6.45, 7) is 4.17. The normalized spacial score (nSPS) is 10.7. The average molecular weight is 342 g/mol. The summed E-state index contributed by atoms with van der Waals surface area (Å²) in [6, 6.07) is 18.1. The summed E-state index contributed by atoms with van der Waals surface area (Å²) in [5, 5.41) is 0. The Morgan fingerprint density at radius 3 is 1.62 bits per heavy atom. The molecule has 0 aromatic heterocycles. The maximum atomic E-state index is 12.2. The van der Waals surface area contributed by atoms with Gasteiger partial charge in [-0.3, -0.25) is 0 Å². The summed E-state index contributed by atoms with van der Waals surface area (Å²) in [7, 11) is -2.44. The molecule has 0 heterocycles. The van der Waals surface area contributed by atoms with Gasteiger partial charge in [0.25, 0.3) is 0 Å². The summed E-state index contributed by atoms with van der Waals surface area (Å²) in [6.07, 6.45) is 0.848. The SMILES string of the molecule is CC(C)CC[SiH](OC(=O)c1ccccc1)OC(=O)c1ccccc1. The maximum absolute atomic E-state index is 12.2. The molecule has 0 saturated carbocycles. The van der Waals surface area contributed by atoms with E-state index < -0.39 is 21.2 Å². The van der Waals surface area contributed by atoms with Crippen LogP contribution in [0.1, 0.15) is 41.0 Å². The van der Waals surface area contributed by atoms with E-state index in [-0.39, 0.29) is 0 Å². The zero-order chi connectivity index (χ0) is 17.4. The molecule has 0 aliphatic carbocycles. The van der Waals surface area contributed by atoms with Crippen LogP contribution in [-0.4, -0.2) is 21.2 Å². The minimum Gasteiger partial charge on any atom is -0.483 e. The summed E-state index contributed by atoms with van der Waals surface area (Å²) in [4.78, 5) is 24.5. The quantitative estimate of drug-likeness (QED) is 0.715.